The number of aryl methyl sites for hydroxylation is 2. The van der Waals surface area contributed by atoms with E-state index in [1.54, 1.807) is 0 Å². The molecule has 1 nitrogen and oxygen atoms in total. The lowest BCUT2D eigenvalue weighted by Gasteiger charge is -2.22. The lowest BCUT2D eigenvalue weighted by atomic mass is 9.85. The number of benzene rings is 2. The molecule has 1 fully saturated rings. The summed E-state index contributed by atoms with van der Waals surface area (Å²) in [6.45, 7) is 5.52. The molecule has 2 aromatic rings. The van der Waals surface area contributed by atoms with Crippen molar-refractivity contribution in [1.29, 1.82) is 0 Å². The largest absolute Gasteiger partial charge is 0.309 e. The lowest BCUT2D eigenvalue weighted by molar-refractivity contribution is 0.575. The highest BCUT2D eigenvalue weighted by molar-refractivity contribution is 5.37. The van der Waals surface area contributed by atoms with Gasteiger partial charge in [0, 0.05) is 12.0 Å². The first kappa shape index (κ1) is 12.4. The van der Waals surface area contributed by atoms with Gasteiger partial charge in [-0.2, -0.15) is 0 Å². The summed E-state index contributed by atoms with van der Waals surface area (Å²) >= 11 is 0. The van der Waals surface area contributed by atoms with Crippen molar-refractivity contribution in [3.8, 4) is 0 Å². The molecule has 0 saturated carbocycles. The second kappa shape index (κ2) is 5.18. The van der Waals surface area contributed by atoms with Crippen LogP contribution in [0.25, 0.3) is 0 Å². The smallest absolute Gasteiger partial charge is 0.0390 e. The second-order valence-electron chi connectivity index (χ2n) is 5.60. The van der Waals surface area contributed by atoms with E-state index in [9.17, 15) is 0 Å². The SMILES string of the molecule is Cc1ccc(C)c(C2CCNC2c2ccccc2)c1. The molecule has 2 aromatic carbocycles. The van der Waals surface area contributed by atoms with Gasteiger partial charge in [0.15, 0.2) is 0 Å². The summed E-state index contributed by atoms with van der Waals surface area (Å²) in [4.78, 5) is 0. The first-order valence-electron chi connectivity index (χ1n) is 7.11. The highest BCUT2D eigenvalue weighted by Crippen LogP contribution is 2.39. The maximum Gasteiger partial charge on any atom is 0.0390 e. The Morgan fingerprint density at radius 1 is 1.00 bits per heavy atom. The summed E-state index contributed by atoms with van der Waals surface area (Å²) in [5, 5.41) is 3.67. The maximum atomic E-state index is 3.67. The Labute approximate surface area is 115 Å². The van der Waals surface area contributed by atoms with Crippen molar-refractivity contribution in [3.05, 3.63) is 70.8 Å². The van der Waals surface area contributed by atoms with Crippen LogP contribution in [0.5, 0.6) is 0 Å². The molecule has 3 rings (SSSR count). The highest BCUT2D eigenvalue weighted by Gasteiger charge is 2.30. The summed E-state index contributed by atoms with van der Waals surface area (Å²) < 4.78 is 0. The van der Waals surface area contributed by atoms with Crippen molar-refractivity contribution in [3.63, 3.8) is 0 Å². The van der Waals surface area contributed by atoms with Crippen LogP contribution in [0.1, 0.15) is 40.6 Å². The number of rotatable bonds is 2. The molecule has 1 aliphatic rings. The van der Waals surface area contributed by atoms with Crippen LogP contribution in [0, 0.1) is 13.8 Å². The molecule has 19 heavy (non-hydrogen) atoms. The van der Waals surface area contributed by atoms with Crippen molar-refractivity contribution < 1.29 is 0 Å². The molecule has 0 aliphatic carbocycles. The summed E-state index contributed by atoms with van der Waals surface area (Å²) in [7, 11) is 0. The Balaban J connectivity index is 1.97. The normalized spacial score (nSPS) is 22.6. The van der Waals surface area contributed by atoms with Crippen LogP contribution in [0.2, 0.25) is 0 Å². The molecular weight excluding hydrogens is 230 g/mol. The van der Waals surface area contributed by atoms with Gasteiger partial charge in [-0.05, 0) is 43.5 Å². The fourth-order valence-corrected chi connectivity index (χ4v) is 3.21. The third kappa shape index (κ3) is 2.43. The van der Waals surface area contributed by atoms with Crippen LogP contribution >= 0.6 is 0 Å². The average molecular weight is 251 g/mol. The van der Waals surface area contributed by atoms with E-state index < -0.39 is 0 Å². The predicted octanol–water partition coefficient (Wildman–Crippen LogP) is 4.12. The van der Waals surface area contributed by atoms with Gasteiger partial charge in [0.2, 0.25) is 0 Å². The Hall–Kier alpha value is -1.60. The van der Waals surface area contributed by atoms with Gasteiger partial charge in [-0.15, -0.1) is 0 Å². The molecule has 1 heteroatoms. The van der Waals surface area contributed by atoms with E-state index >= 15 is 0 Å². The van der Waals surface area contributed by atoms with Gasteiger partial charge < -0.3 is 5.32 Å². The fraction of sp³-hybridized carbons (Fsp3) is 0.333. The minimum atomic E-state index is 0.460. The van der Waals surface area contributed by atoms with E-state index in [0.717, 1.165) is 6.54 Å². The van der Waals surface area contributed by atoms with Gasteiger partial charge in [0.1, 0.15) is 0 Å². The molecular formula is C18H21N. The zero-order valence-corrected chi connectivity index (χ0v) is 11.7. The Bertz CT molecular complexity index is 559. The van der Waals surface area contributed by atoms with Crippen molar-refractivity contribution in [2.75, 3.05) is 6.54 Å². The van der Waals surface area contributed by atoms with Crippen LogP contribution in [0.3, 0.4) is 0 Å². The third-order valence-electron chi connectivity index (χ3n) is 4.21. The molecule has 1 heterocycles. The van der Waals surface area contributed by atoms with Gasteiger partial charge in [-0.1, -0.05) is 54.1 Å². The van der Waals surface area contributed by atoms with Crippen molar-refractivity contribution in [1.82, 2.24) is 5.32 Å². The topological polar surface area (TPSA) is 12.0 Å². The molecule has 98 valence electrons. The van der Waals surface area contributed by atoms with E-state index in [1.165, 1.54) is 28.7 Å². The van der Waals surface area contributed by atoms with E-state index in [1.807, 2.05) is 0 Å². The molecule has 0 spiro atoms. The summed E-state index contributed by atoms with van der Waals surface area (Å²) in [5.74, 6) is 0.599. The molecule has 0 aromatic heterocycles. The maximum absolute atomic E-state index is 3.67. The van der Waals surface area contributed by atoms with Crippen LogP contribution in [-0.4, -0.2) is 6.54 Å². The van der Waals surface area contributed by atoms with Gasteiger partial charge in [-0.25, -0.2) is 0 Å². The minimum Gasteiger partial charge on any atom is -0.309 e. The first-order chi connectivity index (χ1) is 9.25. The minimum absolute atomic E-state index is 0.460. The zero-order valence-electron chi connectivity index (χ0n) is 11.7. The molecule has 1 saturated heterocycles. The third-order valence-corrected chi connectivity index (χ3v) is 4.21. The average Bonchev–Trinajstić information content (AvgIpc) is 2.91. The van der Waals surface area contributed by atoms with Gasteiger partial charge in [-0.3, -0.25) is 0 Å². The molecule has 1 aliphatic heterocycles. The first-order valence-corrected chi connectivity index (χ1v) is 7.11. The van der Waals surface area contributed by atoms with Crippen molar-refractivity contribution >= 4 is 0 Å². The van der Waals surface area contributed by atoms with E-state index in [2.05, 4.69) is 67.7 Å². The number of nitrogens with one attached hydrogen (secondary N) is 1. The monoisotopic (exact) mass is 251 g/mol. The standard InChI is InChI=1S/C18H21N/c1-13-8-9-14(2)17(12-13)16-10-11-19-18(16)15-6-4-3-5-7-15/h3-9,12,16,18-19H,10-11H2,1-2H3. The Morgan fingerprint density at radius 2 is 1.79 bits per heavy atom. The van der Waals surface area contributed by atoms with Crippen molar-refractivity contribution in [2.45, 2.75) is 32.2 Å². The van der Waals surface area contributed by atoms with Gasteiger partial charge in [0.25, 0.3) is 0 Å². The van der Waals surface area contributed by atoms with E-state index in [4.69, 9.17) is 0 Å². The Morgan fingerprint density at radius 3 is 2.58 bits per heavy atom. The van der Waals surface area contributed by atoms with Crippen LogP contribution in [-0.2, 0) is 0 Å². The van der Waals surface area contributed by atoms with E-state index in [-0.39, 0.29) is 0 Å². The summed E-state index contributed by atoms with van der Waals surface area (Å²) in [6, 6.07) is 18.1. The zero-order chi connectivity index (χ0) is 13.2. The Kier molecular flexibility index (Phi) is 3.39. The van der Waals surface area contributed by atoms with E-state index in [0.29, 0.717) is 12.0 Å². The van der Waals surface area contributed by atoms with Crippen LogP contribution < -0.4 is 5.32 Å². The van der Waals surface area contributed by atoms with Gasteiger partial charge >= 0.3 is 0 Å². The molecule has 1 N–H and O–H groups in total. The molecule has 0 bridgehead atoms. The second-order valence-corrected chi connectivity index (χ2v) is 5.60. The quantitative estimate of drug-likeness (QED) is 0.846. The summed E-state index contributed by atoms with van der Waals surface area (Å²) in [5.41, 5.74) is 5.70. The number of hydrogen-bond donors (Lipinski definition) is 1. The predicted molar refractivity (Wildman–Crippen MR) is 80.5 cm³/mol. The van der Waals surface area contributed by atoms with Crippen LogP contribution in [0.4, 0.5) is 0 Å². The summed E-state index contributed by atoms with van der Waals surface area (Å²) in [6.07, 6.45) is 1.23. The lowest BCUT2D eigenvalue weighted by Crippen LogP contribution is -2.17. The van der Waals surface area contributed by atoms with Crippen molar-refractivity contribution in [2.24, 2.45) is 0 Å². The highest BCUT2D eigenvalue weighted by atomic mass is 15.0. The number of hydrogen-bond acceptors (Lipinski definition) is 1. The molecule has 2 unspecified atom stereocenters. The molecule has 2 atom stereocenters. The molecule has 0 radical (unpaired) electrons. The fourth-order valence-electron chi connectivity index (χ4n) is 3.21. The van der Waals surface area contributed by atoms with Gasteiger partial charge in [0.05, 0.1) is 0 Å². The van der Waals surface area contributed by atoms with Crippen LogP contribution in [0.15, 0.2) is 48.5 Å². The molecule has 0 amide bonds.